The molecule has 0 aromatic heterocycles. The first-order chi connectivity index (χ1) is 5.65. The maximum Gasteiger partial charge on any atom is 0.146 e. The molecule has 3 heteroatoms. The standard InChI is InChI=1S/C9H13FN2/c1-11-9-6-7(12(2)3)4-5-8(9)10/h4-6,11H,1-3H3. The van der Waals surface area contributed by atoms with E-state index in [1.807, 2.05) is 19.0 Å². The molecule has 66 valence electrons. The van der Waals surface area contributed by atoms with Gasteiger partial charge in [0.1, 0.15) is 5.82 Å². The first-order valence-corrected chi connectivity index (χ1v) is 3.80. The zero-order chi connectivity index (χ0) is 9.14. The van der Waals surface area contributed by atoms with Crippen molar-refractivity contribution in [2.24, 2.45) is 0 Å². The van der Waals surface area contributed by atoms with Crippen LogP contribution in [0.3, 0.4) is 0 Å². The third-order valence-corrected chi connectivity index (χ3v) is 1.74. The number of nitrogens with zero attached hydrogens (tertiary/aromatic N) is 1. The molecule has 0 spiro atoms. The van der Waals surface area contributed by atoms with Gasteiger partial charge in [0.25, 0.3) is 0 Å². The van der Waals surface area contributed by atoms with Gasteiger partial charge in [0, 0.05) is 26.8 Å². The third kappa shape index (κ3) is 1.67. The zero-order valence-electron chi connectivity index (χ0n) is 7.56. The topological polar surface area (TPSA) is 15.3 Å². The molecule has 0 saturated heterocycles. The maximum absolute atomic E-state index is 13.0. The highest BCUT2D eigenvalue weighted by Crippen LogP contribution is 2.20. The van der Waals surface area contributed by atoms with Crippen molar-refractivity contribution in [3.05, 3.63) is 24.0 Å². The van der Waals surface area contributed by atoms with Gasteiger partial charge in [0.2, 0.25) is 0 Å². The molecule has 0 unspecified atom stereocenters. The van der Waals surface area contributed by atoms with Gasteiger partial charge in [-0.15, -0.1) is 0 Å². The number of benzene rings is 1. The van der Waals surface area contributed by atoms with Crippen molar-refractivity contribution in [2.75, 3.05) is 31.4 Å². The lowest BCUT2D eigenvalue weighted by Crippen LogP contribution is -2.09. The number of hydrogen-bond acceptors (Lipinski definition) is 2. The Morgan fingerprint density at radius 2 is 2.00 bits per heavy atom. The van der Waals surface area contributed by atoms with E-state index in [4.69, 9.17) is 0 Å². The average Bonchev–Trinajstić information content (AvgIpc) is 2.05. The largest absolute Gasteiger partial charge is 0.386 e. The second kappa shape index (κ2) is 3.43. The average molecular weight is 168 g/mol. The van der Waals surface area contributed by atoms with Crippen molar-refractivity contribution in [1.82, 2.24) is 0 Å². The summed E-state index contributed by atoms with van der Waals surface area (Å²) in [7, 11) is 5.55. The minimum atomic E-state index is -0.219. The van der Waals surface area contributed by atoms with Crippen molar-refractivity contribution < 1.29 is 4.39 Å². The monoisotopic (exact) mass is 168 g/mol. The van der Waals surface area contributed by atoms with Crippen molar-refractivity contribution in [2.45, 2.75) is 0 Å². The molecule has 0 aliphatic heterocycles. The number of halogens is 1. The van der Waals surface area contributed by atoms with Gasteiger partial charge in [-0.25, -0.2) is 4.39 Å². The Kier molecular flexibility index (Phi) is 2.53. The third-order valence-electron chi connectivity index (χ3n) is 1.74. The van der Waals surface area contributed by atoms with E-state index in [-0.39, 0.29) is 5.82 Å². The van der Waals surface area contributed by atoms with Gasteiger partial charge < -0.3 is 10.2 Å². The predicted octanol–water partition coefficient (Wildman–Crippen LogP) is 1.93. The van der Waals surface area contributed by atoms with Gasteiger partial charge >= 0.3 is 0 Å². The van der Waals surface area contributed by atoms with Crippen molar-refractivity contribution in [3.8, 4) is 0 Å². The van der Waals surface area contributed by atoms with Gasteiger partial charge in [0.15, 0.2) is 0 Å². The molecule has 0 amide bonds. The van der Waals surface area contributed by atoms with Crippen LogP contribution in [-0.4, -0.2) is 21.1 Å². The molecule has 0 fully saturated rings. The van der Waals surface area contributed by atoms with E-state index in [9.17, 15) is 4.39 Å². The maximum atomic E-state index is 13.0. The fraction of sp³-hybridized carbons (Fsp3) is 0.333. The molecule has 0 bridgehead atoms. The molecule has 0 radical (unpaired) electrons. The van der Waals surface area contributed by atoms with Crippen molar-refractivity contribution >= 4 is 11.4 Å². The van der Waals surface area contributed by atoms with E-state index in [0.29, 0.717) is 5.69 Å². The van der Waals surface area contributed by atoms with Crippen LogP contribution < -0.4 is 10.2 Å². The van der Waals surface area contributed by atoms with Crippen LogP contribution in [0.1, 0.15) is 0 Å². The Bertz CT molecular complexity index is 271. The molecule has 2 nitrogen and oxygen atoms in total. The van der Waals surface area contributed by atoms with Gasteiger partial charge in [-0.3, -0.25) is 0 Å². The SMILES string of the molecule is CNc1cc(N(C)C)ccc1F. The molecule has 0 atom stereocenters. The Labute approximate surface area is 72.0 Å². The zero-order valence-corrected chi connectivity index (χ0v) is 7.56. The molecule has 1 aromatic carbocycles. The fourth-order valence-electron chi connectivity index (χ4n) is 0.983. The lowest BCUT2D eigenvalue weighted by Gasteiger charge is -2.13. The minimum absolute atomic E-state index is 0.219. The highest BCUT2D eigenvalue weighted by molar-refractivity contribution is 5.57. The van der Waals surface area contributed by atoms with Crippen molar-refractivity contribution in [3.63, 3.8) is 0 Å². The Hall–Kier alpha value is -1.25. The van der Waals surface area contributed by atoms with E-state index >= 15 is 0 Å². The predicted molar refractivity (Wildman–Crippen MR) is 50.3 cm³/mol. The van der Waals surface area contributed by atoms with Crippen LogP contribution in [0.2, 0.25) is 0 Å². The van der Waals surface area contributed by atoms with E-state index in [1.165, 1.54) is 6.07 Å². The lowest BCUT2D eigenvalue weighted by atomic mass is 10.2. The van der Waals surface area contributed by atoms with Crippen LogP contribution in [-0.2, 0) is 0 Å². The van der Waals surface area contributed by atoms with Gasteiger partial charge in [-0.2, -0.15) is 0 Å². The van der Waals surface area contributed by atoms with Gasteiger partial charge in [-0.05, 0) is 18.2 Å². The second-order valence-corrected chi connectivity index (χ2v) is 2.81. The summed E-state index contributed by atoms with van der Waals surface area (Å²) >= 11 is 0. The van der Waals surface area contributed by atoms with Crippen LogP contribution in [0, 0.1) is 5.82 Å². The normalized spacial score (nSPS) is 9.67. The van der Waals surface area contributed by atoms with Crippen LogP contribution in [0.5, 0.6) is 0 Å². The Morgan fingerprint density at radius 3 is 2.50 bits per heavy atom. The molecule has 12 heavy (non-hydrogen) atoms. The van der Waals surface area contributed by atoms with Crippen LogP contribution in [0.15, 0.2) is 18.2 Å². The van der Waals surface area contributed by atoms with Crippen LogP contribution in [0.25, 0.3) is 0 Å². The highest BCUT2D eigenvalue weighted by Gasteiger charge is 2.01. The summed E-state index contributed by atoms with van der Waals surface area (Å²) in [6.45, 7) is 0. The van der Waals surface area contributed by atoms with E-state index in [1.54, 1.807) is 19.2 Å². The summed E-state index contributed by atoms with van der Waals surface area (Å²) in [5.41, 5.74) is 1.52. The molecule has 1 rings (SSSR count). The first kappa shape index (κ1) is 8.84. The van der Waals surface area contributed by atoms with Crippen molar-refractivity contribution in [1.29, 1.82) is 0 Å². The number of hydrogen-bond donors (Lipinski definition) is 1. The first-order valence-electron chi connectivity index (χ1n) is 3.80. The molecule has 0 heterocycles. The number of rotatable bonds is 2. The molecule has 1 aromatic rings. The molecular weight excluding hydrogens is 155 g/mol. The summed E-state index contributed by atoms with van der Waals surface area (Å²) in [4.78, 5) is 1.93. The summed E-state index contributed by atoms with van der Waals surface area (Å²) in [6, 6.07) is 4.98. The molecular formula is C9H13FN2. The summed E-state index contributed by atoms with van der Waals surface area (Å²) in [6.07, 6.45) is 0. The van der Waals surface area contributed by atoms with Crippen LogP contribution >= 0.6 is 0 Å². The molecule has 0 aliphatic carbocycles. The summed E-state index contributed by atoms with van der Waals surface area (Å²) < 4.78 is 13.0. The molecule has 1 N–H and O–H groups in total. The van der Waals surface area contributed by atoms with Gasteiger partial charge in [-0.1, -0.05) is 0 Å². The summed E-state index contributed by atoms with van der Waals surface area (Å²) in [5.74, 6) is -0.219. The minimum Gasteiger partial charge on any atom is -0.386 e. The fourth-order valence-corrected chi connectivity index (χ4v) is 0.983. The smallest absolute Gasteiger partial charge is 0.146 e. The van der Waals surface area contributed by atoms with E-state index in [2.05, 4.69) is 5.32 Å². The molecule has 0 aliphatic rings. The number of anilines is 2. The quantitative estimate of drug-likeness (QED) is 0.726. The highest BCUT2D eigenvalue weighted by atomic mass is 19.1. The number of nitrogens with one attached hydrogen (secondary N) is 1. The second-order valence-electron chi connectivity index (χ2n) is 2.81. The van der Waals surface area contributed by atoms with E-state index in [0.717, 1.165) is 5.69 Å². The Morgan fingerprint density at radius 1 is 1.33 bits per heavy atom. The summed E-state index contributed by atoms with van der Waals surface area (Å²) in [5, 5.41) is 2.79. The molecule has 0 saturated carbocycles. The van der Waals surface area contributed by atoms with E-state index < -0.39 is 0 Å². The Balaban J connectivity index is 3.05. The van der Waals surface area contributed by atoms with Gasteiger partial charge in [0.05, 0.1) is 5.69 Å². The lowest BCUT2D eigenvalue weighted by molar-refractivity contribution is 0.631. The van der Waals surface area contributed by atoms with Crippen LogP contribution in [0.4, 0.5) is 15.8 Å².